The Kier molecular flexibility index (Phi) is 26.4. The fourth-order valence-corrected chi connectivity index (χ4v) is 4.07. The second kappa shape index (κ2) is 24.4. The van der Waals surface area contributed by atoms with Crippen LogP contribution in [-0.2, 0) is 0 Å². The molecule has 2 unspecified atom stereocenters. The van der Waals surface area contributed by atoms with E-state index in [1.807, 2.05) is 13.8 Å². The van der Waals surface area contributed by atoms with Crippen LogP contribution in [0.1, 0.15) is 136 Å². The summed E-state index contributed by atoms with van der Waals surface area (Å²) in [4.78, 5) is 0. The highest BCUT2D eigenvalue weighted by Crippen LogP contribution is 2.14. The number of rotatable bonds is 22. The predicted molar refractivity (Wildman–Crippen MR) is 131 cm³/mol. The Morgan fingerprint density at radius 2 is 0.862 bits per heavy atom. The van der Waals surface area contributed by atoms with Crippen LogP contribution >= 0.6 is 12.4 Å². The van der Waals surface area contributed by atoms with E-state index in [-0.39, 0.29) is 30.7 Å². The van der Waals surface area contributed by atoms with Gasteiger partial charge in [-0.05, 0) is 39.7 Å². The Bertz CT molecular complexity index is 291. The molecule has 0 radical (unpaired) electrons. The van der Waals surface area contributed by atoms with E-state index < -0.39 is 0 Å². The highest BCUT2D eigenvalue weighted by molar-refractivity contribution is 5.85. The van der Waals surface area contributed by atoms with Crippen molar-refractivity contribution in [2.24, 2.45) is 0 Å². The third-order valence-corrected chi connectivity index (χ3v) is 5.71. The van der Waals surface area contributed by atoms with Gasteiger partial charge in [0.05, 0.1) is 12.2 Å². The number of nitrogens with one attached hydrogen (secondary N) is 1. The van der Waals surface area contributed by atoms with Gasteiger partial charge in [0.2, 0.25) is 0 Å². The SMILES string of the molecule is CCCCCCCCCCCCCCCCCCNC(CC(C)O)CC(C)O.Cl. The molecule has 0 aliphatic carbocycles. The predicted octanol–water partition coefficient (Wildman–Crippen LogP) is 7.17. The molecule has 0 amide bonds. The topological polar surface area (TPSA) is 52.5 Å². The summed E-state index contributed by atoms with van der Waals surface area (Å²) < 4.78 is 0. The first-order valence-corrected chi connectivity index (χ1v) is 12.7. The Labute approximate surface area is 189 Å². The molecule has 29 heavy (non-hydrogen) atoms. The molecule has 0 aromatic heterocycles. The van der Waals surface area contributed by atoms with E-state index in [4.69, 9.17) is 0 Å². The van der Waals surface area contributed by atoms with E-state index >= 15 is 0 Å². The Morgan fingerprint density at radius 3 is 1.17 bits per heavy atom. The van der Waals surface area contributed by atoms with Gasteiger partial charge in [-0.3, -0.25) is 0 Å². The molecule has 0 heterocycles. The maximum absolute atomic E-state index is 9.56. The molecule has 0 aliphatic heterocycles. The number of halogens is 1. The first-order chi connectivity index (χ1) is 13.6. The average molecular weight is 436 g/mol. The van der Waals surface area contributed by atoms with Gasteiger partial charge in [0.15, 0.2) is 0 Å². The van der Waals surface area contributed by atoms with Crippen molar-refractivity contribution in [3.63, 3.8) is 0 Å². The lowest BCUT2D eigenvalue weighted by Gasteiger charge is -2.21. The van der Waals surface area contributed by atoms with Crippen LogP contribution in [0.3, 0.4) is 0 Å². The quantitative estimate of drug-likeness (QED) is 0.158. The number of aliphatic hydroxyl groups is 2. The van der Waals surface area contributed by atoms with Crippen molar-refractivity contribution in [2.75, 3.05) is 6.54 Å². The number of hydrogen-bond donors (Lipinski definition) is 3. The van der Waals surface area contributed by atoms with E-state index in [1.165, 1.54) is 103 Å². The van der Waals surface area contributed by atoms with Crippen LogP contribution in [0.25, 0.3) is 0 Å². The summed E-state index contributed by atoms with van der Waals surface area (Å²) in [6.07, 6.45) is 23.2. The van der Waals surface area contributed by atoms with Crippen molar-refractivity contribution >= 4 is 12.4 Å². The van der Waals surface area contributed by atoms with Crippen LogP contribution in [-0.4, -0.2) is 35.0 Å². The summed E-state index contributed by atoms with van der Waals surface area (Å²) in [5, 5.41) is 22.6. The molecule has 0 saturated heterocycles. The normalized spacial score (nSPS) is 14.4. The van der Waals surface area contributed by atoms with Crippen molar-refractivity contribution in [3.05, 3.63) is 0 Å². The van der Waals surface area contributed by atoms with Gasteiger partial charge in [-0.15, -0.1) is 12.4 Å². The van der Waals surface area contributed by atoms with Crippen LogP contribution in [0, 0.1) is 0 Å². The van der Waals surface area contributed by atoms with Gasteiger partial charge in [0.25, 0.3) is 0 Å². The molecular formula is C25H54ClNO2. The third kappa shape index (κ3) is 26.1. The largest absolute Gasteiger partial charge is 0.393 e. The van der Waals surface area contributed by atoms with Gasteiger partial charge in [0, 0.05) is 6.04 Å². The number of hydrogen-bond acceptors (Lipinski definition) is 3. The van der Waals surface area contributed by atoms with E-state index in [0.29, 0.717) is 0 Å². The van der Waals surface area contributed by atoms with Crippen LogP contribution in [0.4, 0.5) is 0 Å². The van der Waals surface area contributed by atoms with Crippen LogP contribution in [0.15, 0.2) is 0 Å². The zero-order valence-electron chi connectivity index (χ0n) is 20.0. The molecule has 0 bridgehead atoms. The molecular weight excluding hydrogens is 382 g/mol. The fourth-order valence-electron chi connectivity index (χ4n) is 4.07. The zero-order valence-corrected chi connectivity index (χ0v) is 20.8. The summed E-state index contributed by atoms with van der Waals surface area (Å²) in [6.45, 7) is 6.94. The van der Waals surface area contributed by atoms with Crippen molar-refractivity contribution < 1.29 is 10.2 Å². The molecule has 178 valence electrons. The van der Waals surface area contributed by atoms with Crippen LogP contribution in [0.2, 0.25) is 0 Å². The van der Waals surface area contributed by atoms with E-state index in [2.05, 4.69) is 12.2 Å². The molecule has 3 nitrogen and oxygen atoms in total. The molecule has 4 heteroatoms. The van der Waals surface area contributed by atoms with Gasteiger partial charge < -0.3 is 15.5 Å². The fraction of sp³-hybridized carbons (Fsp3) is 1.00. The van der Waals surface area contributed by atoms with E-state index in [9.17, 15) is 10.2 Å². The van der Waals surface area contributed by atoms with Crippen molar-refractivity contribution in [3.8, 4) is 0 Å². The molecule has 0 aromatic carbocycles. The van der Waals surface area contributed by atoms with Crippen LogP contribution in [0.5, 0.6) is 0 Å². The zero-order chi connectivity index (χ0) is 20.9. The minimum Gasteiger partial charge on any atom is -0.393 e. The standard InChI is InChI=1S/C25H53NO2.ClH/c1-4-5-6-7-8-9-10-11-12-13-14-15-16-17-18-19-20-26-25(21-23(2)27)22-24(3)28;/h23-28H,4-22H2,1-3H3;1H. The van der Waals surface area contributed by atoms with Gasteiger partial charge in [-0.1, -0.05) is 103 Å². The first-order valence-electron chi connectivity index (χ1n) is 12.7. The smallest absolute Gasteiger partial charge is 0.0526 e. The van der Waals surface area contributed by atoms with E-state index in [0.717, 1.165) is 19.4 Å². The Morgan fingerprint density at radius 1 is 0.552 bits per heavy atom. The van der Waals surface area contributed by atoms with Crippen LogP contribution < -0.4 is 5.32 Å². The van der Waals surface area contributed by atoms with Crippen molar-refractivity contribution in [1.29, 1.82) is 0 Å². The van der Waals surface area contributed by atoms with Gasteiger partial charge in [-0.25, -0.2) is 0 Å². The summed E-state index contributed by atoms with van der Waals surface area (Å²) in [6, 6.07) is 0.233. The van der Waals surface area contributed by atoms with Crippen molar-refractivity contribution in [2.45, 2.75) is 155 Å². The highest BCUT2D eigenvalue weighted by atomic mass is 35.5. The molecule has 0 fully saturated rings. The summed E-state index contributed by atoms with van der Waals surface area (Å²) in [5.41, 5.74) is 0. The maximum atomic E-state index is 9.56. The summed E-state index contributed by atoms with van der Waals surface area (Å²) in [5.74, 6) is 0. The molecule has 0 rings (SSSR count). The Hall–Kier alpha value is 0.170. The summed E-state index contributed by atoms with van der Waals surface area (Å²) >= 11 is 0. The molecule has 2 atom stereocenters. The first kappa shape index (κ1) is 31.4. The monoisotopic (exact) mass is 435 g/mol. The molecule has 0 spiro atoms. The highest BCUT2D eigenvalue weighted by Gasteiger charge is 2.13. The van der Waals surface area contributed by atoms with Crippen molar-refractivity contribution in [1.82, 2.24) is 5.32 Å². The molecule has 0 aromatic rings. The summed E-state index contributed by atoms with van der Waals surface area (Å²) in [7, 11) is 0. The minimum absolute atomic E-state index is 0. The lowest BCUT2D eigenvalue weighted by Crippen LogP contribution is -2.35. The average Bonchev–Trinajstić information content (AvgIpc) is 2.63. The Balaban J connectivity index is 0. The molecule has 3 N–H and O–H groups in total. The minimum atomic E-state index is -0.304. The lowest BCUT2D eigenvalue weighted by molar-refractivity contribution is 0.131. The van der Waals surface area contributed by atoms with Gasteiger partial charge >= 0.3 is 0 Å². The van der Waals surface area contributed by atoms with Gasteiger partial charge in [0.1, 0.15) is 0 Å². The van der Waals surface area contributed by atoms with E-state index in [1.54, 1.807) is 0 Å². The third-order valence-electron chi connectivity index (χ3n) is 5.71. The molecule has 0 saturated carbocycles. The lowest BCUT2D eigenvalue weighted by atomic mass is 10.0. The molecule has 0 aliphatic rings. The number of aliphatic hydroxyl groups excluding tert-OH is 2. The number of unbranched alkanes of at least 4 members (excludes halogenated alkanes) is 15. The second-order valence-electron chi connectivity index (χ2n) is 9.12. The second-order valence-corrected chi connectivity index (χ2v) is 9.12. The van der Waals surface area contributed by atoms with Gasteiger partial charge in [-0.2, -0.15) is 0 Å². The maximum Gasteiger partial charge on any atom is 0.0526 e.